The summed E-state index contributed by atoms with van der Waals surface area (Å²) in [5.41, 5.74) is 3.88. The van der Waals surface area contributed by atoms with E-state index < -0.39 is 0 Å². The minimum absolute atomic E-state index is 0.282. The van der Waals surface area contributed by atoms with E-state index in [0.29, 0.717) is 17.9 Å². The summed E-state index contributed by atoms with van der Waals surface area (Å²) in [5, 5.41) is 18.8. The number of piperidine rings is 1. The SMILES string of the molecule is Cc1ccc2c(CCC[C@@H](C)O)cccc2c1Oc1ncccc1-c1ccnc(N[C@H]2CCCNC2)n1. The van der Waals surface area contributed by atoms with E-state index in [-0.39, 0.29) is 6.10 Å². The normalized spacial score (nSPS) is 16.5. The maximum absolute atomic E-state index is 9.66. The van der Waals surface area contributed by atoms with Crippen molar-refractivity contribution in [2.75, 3.05) is 18.4 Å². The minimum atomic E-state index is -0.282. The number of ether oxygens (including phenoxy) is 1. The second kappa shape index (κ2) is 11.7. The fraction of sp³-hybridized carbons (Fsp3) is 0.367. The van der Waals surface area contributed by atoms with Crippen LogP contribution >= 0.6 is 0 Å². The second-order valence-corrected chi connectivity index (χ2v) is 9.88. The number of anilines is 1. The van der Waals surface area contributed by atoms with Crippen LogP contribution in [-0.4, -0.2) is 45.3 Å². The van der Waals surface area contributed by atoms with Gasteiger partial charge in [0.2, 0.25) is 11.8 Å². The van der Waals surface area contributed by atoms with Crippen LogP contribution in [0.2, 0.25) is 0 Å². The highest BCUT2D eigenvalue weighted by molar-refractivity contribution is 5.92. The quantitative estimate of drug-likeness (QED) is 0.275. The molecule has 1 fully saturated rings. The van der Waals surface area contributed by atoms with Gasteiger partial charge in [0.05, 0.1) is 17.4 Å². The molecular weight excluding hydrogens is 462 g/mol. The molecule has 37 heavy (non-hydrogen) atoms. The zero-order chi connectivity index (χ0) is 25.6. The van der Waals surface area contributed by atoms with Crippen molar-refractivity contribution in [2.24, 2.45) is 0 Å². The molecule has 7 heteroatoms. The molecule has 0 aliphatic carbocycles. The molecule has 7 nitrogen and oxygen atoms in total. The average Bonchev–Trinajstić information content (AvgIpc) is 2.91. The Bertz CT molecular complexity index is 1350. The zero-order valence-electron chi connectivity index (χ0n) is 21.6. The molecular formula is C30H35N5O2. The molecule has 0 radical (unpaired) electrons. The highest BCUT2D eigenvalue weighted by Gasteiger charge is 2.17. The van der Waals surface area contributed by atoms with E-state index in [1.54, 1.807) is 12.4 Å². The molecule has 0 unspecified atom stereocenters. The molecule has 2 aromatic carbocycles. The summed E-state index contributed by atoms with van der Waals surface area (Å²) in [6.45, 7) is 5.87. The topological polar surface area (TPSA) is 92.2 Å². The van der Waals surface area contributed by atoms with E-state index in [0.717, 1.165) is 73.2 Å². The molecule has 1 saturated heterocycles. The summed E-state index contributed by atoms with van der Waals surface area (Å²) >= 11 is 0. The molecule has 1 aliphatic rings. The Hall–Kier alpha value is -3.55. The minimum Gasteiger partial charge on any atom is -0.437 e. The number of nitrogens with zero attached hydrogens (tertiary/aromatic N) is 3. The summed E-state index contributed by atoms with van der Waals surface area (Å²) in [6.07, 6.45) is 8.12. The Morgan fingerprint density at radius 2 is 2.00 bits per heavy atom. The van der Waals surface area contributed by atoms with Crippen LogP contribution < -0.4 is 15.4 Å². The number of aliphatic hydroxyl groups is 1. The average molecular weight is 498 g/mol. The number of hydrogen-bond acceptors (Lipinski definition) is 7. The van der Waals surface area contributed by atoms with Crippen LogP contribution in [0.15, 0.2) is 60.9 Å². The van der Waals surface area contributed by atoms with E-state index in [4.69, 9.17) is 9.72 Å². The van der Waals surface area contributed by atoms with Crippen LogP contribution in [0.3, 0.4) is 0 Å². The third-order valence-electron chi connectivity index (χ3n) is 6.90. The molecule has 1 aliphatic heterocycles. The highest BCUT2D eigenvalue weighted by Crippen LogP contribution is 2.37. The van der Waals surface area contributed by atoms with E-state index in [2.05, 4.69) is 57.9 Å². The fourth-order valence-electron chi connectivity index (χ4n) is 4.95. The van der Waals surface area contributed by atoms with Crippen LogP contribution in [0.5, 0.6) is 11.6 Å². The van der Waals surface area contributed by atoms with Crippen LogP contribution in [0.25, 0.3) is 22.0 Å². The predicted octanol–water partition coefficient (Wildman–Crippen LogP) is 5.66. The van der Waals surface area contributed by atoms with Crippen molar-refractivity contribution in [3.05, 3.63) is 72.1 Å². The van der Waals surface area contributed by atoms with Gasteiger partial charge >= 0.3 is 0 Å². The van der Waals surface area contributed by atoms with Gasteiger partial charge in [0.1, 0.15) is 5.75 Å². The van der Waals surface area contributed by atoms with Gasteiger partial charge in [0.25, 0.3) is 0 Å². The number of aliphatic hydroxyl groups excluding tert-OH is 1. The number of hydrogen-bond donors (Lipinski definition) is 3. The van der Waals surface area contributed by atoms with Gasteiger partial charge in [-0.25, -0.2) is 15.0 Å². The summed E-state index contributed by atoms with van der Waals surface area (Å²) in [7, 11) is 0. The van der Waals surface area contributed by atoms with Crippen molar-refractivity contribution in [3.8, 4) is 22.9 Å². The van der Waals surface area contributed by atoms with Crippen molar-refractivity contribution in [1.29, 1.82) is 0 Å². The van der Waals surface area contributed by atoms with Crippen LogP contribution in [0.1, 0.15) is 43.7 Å². The Morgan fingerprint density at radius 1 is 1.08 bits per heavy atom. The number of aromatic nitrogens is 3. The van der Waals surface area contributed by atoms with E-state index in [1.165, 1.54) is 10.9 Å². The molecule has 4 aromatic rings. The second-order valence-electron chi connectivity index (χ2n) is 9.88. The third-order valence-corrected chi connectivity index (χ3v) is 6.90. The highest BCUT2D eigenvalue weighted by atomic mass is 16.5. The van der Waals surface area contributed by atoms with Crippen LogP contribution in [0, 0.1) is 6.92 Å². The standard InChI is InChI=1S/C30H35N5O2/c1-20-13-14-24-22(8-3-7-21(2)36)9-4-11-25(24)28(20)37-29-26(12-6-17-32-29)27-15-18-33-30(35-27)34-23-10-5-16-31-19-23/h4,6,9,11-15,17-18,21,23,31,36H,3,5,7-8,10,16,19H2,1-2H3,(H,33,34,35)/t21-,23+/m1/s1. The number of aryl methyl sites for hydroxylation is 2. The lowest BCUT2D eigenvalue weighted by molar-refractivity contribution is 0.182. The smallest absolute Gasteiger partial charge is 0.228 e. The summed E-state index contributed by atoms with van der Waals surface area (Å²) in [4.78, 5) is 13.8. The molecule has 0 bridgehead atoms. The lowest BCUT2D eigenvalue weighted by Gasteiger charge is -2.23. The van der Waals surface area contributed by atoms with E-state index in [9.17, 15) is 5.11 Å². The molecule has 3 N–H and O–H groups in total. The lowest BCUT2D eigenvalue weighted by atomic mass is 9.97. The monoisotopic (exact) mass is 497 g/mol. The molecule has 2 atom stereocenters. The largest absolute Gasteiger partial charge is 0.437 e. The van der Waals surface area contributed by atoms with Gasteiger partial charge < -0.3 is 20.5 Å². The number of nitrogens with one attached hydrogen (secondary N) is 2. The van der Waals surface area contributed by atoms with Gasteiger partial charge in [-0.2, -0.15) is 0 Å². The Kier molecular flexibility index (Phi) is 7.92. The number of pyridine rings is 1. The number of rotatable bonds is 9. The lowest BCUT2D eigenvalue weighted by Crippen LogP contribution is -2.38. The predicted molar refractivity (Wildman–Crippen MR) is 148 cm³/mol. The molecule has 192 valence electrons. The first kappa shape index (κ1) is 25.1. The molecule has 3 heterocycles. The first-order chi connectivity index (χ1) is 18.1. The third kappa shape index (κ3) is 6.06. The van der Waals surface area contributed by atoms with E-state index >= 15 is 0 Å². The molecule has 2 aromatic heterocycles. The maximum Gasteiger partial charge on any atom is 0.228 e. The van der Waals surface area contributed by atoms with Gasteiger partial charge in [-0.15, -0.1) is 0 Å². The Balaban J connectivity index is 1.44. The number of fused-ring (bicyclic) bond motifs is 1. The molecule has 0 amide bonds. The Morgan fingerprint density at radius 3 is 2.84 bits per heavy atom. The van der Waals surface area contributed by atoms with Crippen LogP contribution in [0.4, 0.5) is 5.95 Å². The van der Waals surface area contributed by atoms with Crippen molar-refractivity contribution in [2.45, 2.75) is 58.1 Å². The van der Waals surface area contributed by atoms with Gasteiger partial charge in [0, 0.05) is 30.4 Å². The Labute approximate surface area is 218 Å². The first-order valence-corrected chi connectivity index (χ1v) is 13.2. The summed E-state index contributed by atoms with van der Waals surface area (Å²) < 4.78 is 6.55. The van der Waals surface area contributed by atoms with Crippen molar-refractivity contribution in [1.82, 2.24) is 20.3 Å². The van der Waals surface area contributed by atoms with E-state index in [1.807, 2.05) is 25.1 Å². The molecule has 0 saturated carbocycles. The van der Waals surface area contributed by atoms with Crippen molar-refractivity contribution < 1.29 is 9.84 Å². The van der Waals surface area contributed by atoms with Gasteiger partial charge in [0.15, 0.2) is 0 Å². The summed E-state index contributed by atoms with van der Waals surface area (Å²) in [6, 6.07) is 16.7. The van der Waals surface area contributed by atoms with Crippen molar-refractivity contribution >= 4 is 16.7 Å². The van der Waals surface area contributed by atoms with Gasteiger partial charge in [-0.05, 0) is 87.2 Å². The fourth-order valence-corrected chi connectivity index (χ4v) is 4.95. The number of benzene rings is 2. The van der Waals surface area contributed by atoms with Crippen molar-refractivity contribution in [3.63, 3.8) is 0 Å². The maximum atomic E-state index is 9.66. The van der Waals surface area contributed by atoms with Gasteiger partial charge in [-0.1, -0.05) is 30.3 Å². The molecule has 5 rings (SSSR count). The van der Waals surface area contributed by atoms with Gasteiger partial charge in [-0.3, -0.25) is 0 Å². The first-order valence-electron chi connectivity index (χ1n) is 13.2. The molecule has 0 spiro atoms. The van der Waals surface area contributed by atoms with Crippen LogP contribution in [-0.2, 0) is 6.42 Å². The summed E-state index contributed by atoms with van der Waals surface area (Å²) in [5.74, 6) is 1.93. The zero-order valence-corrected chi connectivity index (χ0v) is 21.6.